The summed E-state index contributed by atoms with van der Waals surface area (Å²) in [5.74, 6) is -3.33. The van der Waals surface area contributed by atoms with Gasteiger partial charge in [0.15, 0.2) is 13.1 Å². The number of imidazole rings is 2. The van der Waals surface area contributed by atoms with Gasteiger partial charge in [-0.15, -0.1) is 35.8 Å². The average molecular weight is 936 g/mol. The molecule has 332 valence electrons. The summed E-state index contributed by atoms with van der Waals surface area (Å²) in [5, 5.41) is 27.3. The minimum Gasteiger partial charge on any atom is -0.550 e. The fraction of sp³-hybridized carbons (Fsp3) is 0.261. The number of ketones is 2. The number of benzene rings is 2. The number of hydrogen-bond donors (Lipinski definition) is 1. The van der Waals surface area contributed by atoms with E-state index in [9.17, 15) is 29.4 Å². The number of aliphatic hydroxyl groups excluding tert-OH is 1. The monoisotopic (exact) mass is 934 g/mol. The Morgan fingerprint density at radius 3 is 1.44 bits per heavy atom. The molecular weight excluding hydrogens is 888 g/mol. The second-order valence-corrected chi connectivity index (χ2v) is 17.4. The van der Waals surface area contributed by atoms with Crippen LogP contribution in [-0.4, -0.2) is 57.1 Å². The Balaban J connectivity index is 0.000000232. The maximum atomic E-state index is 12.4. The maximum absolute atomic E-state index is 12.4. The summed E-state index contributed by atoms with van der Waals surface area (Å²) in [6.45, 7) is 14.5. The first-order valence-corrected chi connectivity index (χ1v) is 21.9. The number of thiophene rings is 2. The van der Waals surface area contributed by atoms with Gasteiger partial charge in [0.2, 0.25) is 24.2 Å². The molecule has 0 radical (unpaired) electrons. The molecule has 3 atom stereocenters. The molecule has 0 amide bonds. The summed E-state index contributed by atoms with van der Waals surface area (Å²) in [6, 6.07) is 23.5. The van der Waals surface area contributed by atoms with Gasteiger partial charge in [0.25, 0.3) is 0 Å². The molecule has 0 fully saturated rings. The van der Waals surface area contributed by atoms with Crippen LogP contribution < -0.4 is 19.3 Å². The zero-order chi connectivity index (χ0) is 45.9. The minimum absolute atomic E-state index is 0.0491. The third-order valence-corrected chi connectivity index (χ3v) is 11.7. The third kappa shape index (κ3) is 16.6. The lowest BCUT2D eigenvalue weighted by Gasteiger charge is -2.17. The van der Waals surface area contributed by atoms with Gasteiger partial charge < -0.3 is 34.4 Å². The summed E-state index contributed by atoms with van der Waals surface area (Å²) < 4.78 is 21.1. The van der Waals surface area contributed by atoms with Crippen LogP contribution in [0.15, 0.2) is 136 Å². The molecule has 0 aliphatic heterocycles. The molecule has 0 bridgehead atoms. The van der Waals surface area contributed by atoms with Gasteiger partial charge in [-0.2, -0.15) is 0 Å². The maximum Gasteiger partial charge on any atom is 0.244 e. The number of carbonyl (C=O) groups is 4. The van der Waals surface area contributed by atoms with Gasteiger partial charge in [0.1, 0.15) is 50.1 Å². The van der Waals surface area contributed by atoms with Crippen molar-refractivity contribution < 1.29 is 53.1 Å². The number of Topliss-reactive ketones (excluding diaryl/α,β-unsaturated/α-hetero) is 2. The van der Waals surface area contributed by atoms with E-state index in [1.54, 1.807) is 36.4 Å². The predicted octanol–water partition coefficient (Wildman–Crippen LogP) is 5.49. The van der Waals surface area contributed by atoms with Gasteiger partial charge >= 0.3 is 0 Å². The first kappa shape index (κ1) is 50.1. The molecular formula is C46H48Cl2N4O9S2. The van der Waals surface area contributed by atoms with E-state index in [4.69, 9.17) is 37.8 Å². The molecule has 0 aliphatic rings. The first-order chi connectivity index (χ1) is 30.2. The highest BCUT2D eigenvalue weighted by molar-refractivity contribution is 7.18. The Labute approximate surface area is 383 Å². The van der Waals surface area contributed by atoms with Crippen LogP contribution in [0.25, 0.3) is 0 Å². The Morgan fingerprint density at radius 1 is 0.714 bits per heavy atom. The lowest BCUT2D eigenvalue weighted by atomic mass is 10.0. The fourth-order valence-electron chi connectivity index (χ4n) is 6.07. The topological polar surface area (TPSA) is 171 Å². The lowest BCUT2D eigenvalue weighted by Crippen LogP contribution is -2.39. The van der Waals surface area contributed by atoms with E-state index in [-0.39, 0.29) is 36.9 Å². The van der Waals surface area contributed by atoms with E-state index >= 15 is 0 Å². The Bertz CT molecular complexity index is 2310. The number of aliphatic carboxylic acids is 2. The highest BCUT2D eigenvalue weighted by atomic mass is 35.5. The average Bonchev–Trinajstić information content (AvgIpc) is 4.08. The van der Waals surface area contributed by atoms with E-state index in [0.29, 0.717) is 44.7 Å². The largest absolute Gasteiger partial charge is 0.550 e. The molecule has 6 rings (SSSR count). The van der Waals surface area contributed by atoms with E-state index in [1.165, 1.54) is 33.8 Å². The second kappa shape index (κ2) is 25.6. The molecule has 2 aromatic carbocycles. The number of aromatic nitrogens is 4. The van der Waals surface area contributed by atoms with Crippen molar-refractivity contribution in [1.82, 2.24) is 9.13 Å². The molecule has 4 aromatic heterocycles. The number of hydrogen-bond acceptors (Lipinski definition) is 11. The number of halogens is 2. The predicted molar refractivity (Wildman–Crippen MR) is 237 cm³/mol. The number of carbonyl (C=O) groups excluding carboxylic acids is 4. The van der Waals surface area contributed by atoms with Crippen molar-refractivity contribution in [2.24, 2.45) is 0 Å². The number of ether oxygens (including phenoxy) is 2. The summed E-state index contributed by atoms with van der Waals surface area (Å²) in [4.78, 5) is 45.2. The number of aryl methyl sites for hydroxylation is 2. The first-order valence-electron chi connectivity index (χ1n) is 19.5. The molecule has 0 aliphatic carbocycles. The molecule has 0 spiro atoms. The number of rotatable bonds is 21. The molecule has 0 saturated heterocycles. The number of aliphatic hydroxyl groups is 1. The molecule has 4 heterocycles. The molecule has 1 N–H and O–H groups in total. The molecule has 17 heteroatoms. The van der Waals surface area contributed by atoms with Crippen LogP contribution in [0.5, 0.6) is 0 Å². The van der Waals surface area contributed by atoms with Gasteiger partial charge in [-0.05, 0) is 60.4 Å². The summed E-state index contributed by atoms with van der Waals surface area (Å²) in [7, 11) is 0. The zero-order valence-corrected chi connectivity index (χ0v) is 37.9. The Hall–Kier alpha value is -5.52. The summed E-state index contributed by atoms with van der Waals surface area (Å²) in [5.41, 5.74) is 4.69. The fourth-order valence-corrected chi connectivity index (χ4v) is 8.01. The van der Waals surface area contributed by atoms with Crippen molar-refractivity contribution in [3.8, 4) is 0 Å². The van der Waals surface area contributed by atoms with E-state index < -0.39 is 24.5 Å². The van der Waals surface area contributed by atoms with Crippen molar-refractivity contribution in [2.45, 2.75) is 64.8 Å². The number of carboxylic acids is 2. The Morgan fingerprint density at radius 2 is 1.13 bits per heavy atom. The number of nitrogens with zero attached hydrogens (tertiary/aromatic N) is 4. The summed E-state index contributed by atoms with van der Waals surface area (Å²) in [6.07, 6.45) is 12.0. The van der Waals surface area contributed by atoms with Gasteiger partial charge in [0.05, 0.1) is 43.7 Å². The van der Waals surface area contributed by atoms with E-state index in [0.717, 1.165) is 11.1 Å². The highest BCUT2D eigenvalue weighted by Crippen LogP contribution is 2.25. The van der Waals surface area contributed by atoms with Gasteiger partial charge in [-0.1, -0.05) is 83.9 Å². The quantitative estimate of drug-likeness (QED) is 0.0557. The zero-order valence-electron chi connectivity index (χ0n) is 34.7. The van der Waals surface area contributed by atoms with Crippen LogP contribution in [0.3, 0.4) is 0 Å². The van der Waals surface area contributed by atoms with Gasteiger partial charge in [-0.3, -0.25) is 9.59 Å². The Kier molecular flexibility index (Phi) is 20.3. The van der Waals surface area contributed by atoms with E-state index in [2.05, 4.69) is 51.3 Å². The van der Waals surface area contributed by atoms with Gasteiger partial charge in [0, 0.05) is 12.4 Å². The standard InChI is InChI=1S/2C21H22ClN2O2S.C4H6O5/c2*1-3-12-26-19(17-7-5-4-6-16(17)2)14-24-11-10-23(15-24)13-18(25)20-8-9-21(22)27-20;5-2(4(8)9)1-3(6)7/h2*3-11,15,19H,1,12-14H2,2H3;2,5H,1H2,(H,6,7)(H,8,9)/q2*+1;/p-2. The van der Waals surface area contributed by atoms with Crippen LogP contribution >= 0.6 is 45.9 Å². The van der Waals surface area contributed by atoms with Crippen LogP contribution in [0.4, 0.5) is 0 Å². The molecule has 3 unspecified atom stereocenters. The molecule has 63 heavy (non-hydrogen) atoms. The van der Waals surface area contributed by atoms with Crippen LogP contribution in [0.2, 0.25) is 8.67 Å². The third-order valence-electron chi connectivity index (χ3n) is 9.13. The van der Waals surface area contributed by atoms with Crippen molar-refractivity contribution in [1.29, 1.82) is 0 Å². The molecule has 13 nitrogen and oxygen atoms in total. The SMILES string of the molecule is C=CCOC(Cn1cc[n+](CC(=O)c2ccc(Cl)s2)c1)c1ccccc1C.C=CCOC(Cn1cc[n+](CC(=O)c2ccc(Cl)s2)c1)c1ccccc1C.O=C([O-])CC(O)C(=O)[O-]. The minimum atomic E-state index is -1.96. The van der Waals surface area contributed by atoms with Crippen molar-refractivity contribution in [3.63, 3.8) is 0 Å². The van der Waals surface area contributed by atoms with Crippen molar-refractivity contribution in [3.05, 3.63) is 176 Å². The smallest absolute Gasteiger partial charge is 0.244 e. The van der Waals surface area contributed by atoms with Crippen LogP contribution in [0.1, 0.15) is 60.2 Å². The van der Waals surface area contributed by atoms with Gasteiger partial charge in [-0.25, -0.2) is 18.3 Å². The molecule has 6 aromatic rings. The van der Waals surface area contributed by atoms with E-state index in [1.807, 2.05) is 80.0 Å². The van der Waals surface area contributed by atoms with Crippen molar-refractivity contribution in [2.75, 3.05) is 13.2 Å². The van der Waals surface area contributed by atoms with Crippen molar-refractivity contribution >= 4 is 69.4 Å². The highest BCUT2D eigenvalue weighted by Gasteiger charge is 2.21. The normalized spacial score (nSPS) is 12.1. The second-order valence-electron chi connectivity index (χ2n) is 14.0. The van der Waals surface area contributed by atoms with Crippen LogP contribution in [0, 0.1) is 13.8 Å². The van der Waals surface area contributed by atoms with Crippen LogP contribution in [-0.2, 0) is 45.2 Å². The molecule has 0 saturated carbocycles. The lowest BCUT2D eigenvalue weighted by molar-refractivity contribution is -0.682. The number of carboxylic acid groups (broad SMARTS) is 2. The summed E-state index contributed by atoms with van der Waals surface area (Å²) >= 11 is 14.4.